The third-order valence-electron chi connectivity index (χ3n) is 4.02. The van der Waals surface area contributed by atoms with Crippen molar-refractivity contribution in [2.45, 2.75) is 71.6 Å². The van der Waals surface area contributed by atoms with Crippen LogP contribution in [-0.4, -0.2) is 47.0 Å². The van der Waals surface area contributed by atoms with Crippen LogP contribution in [0, 0.1) is 5.92 Å². The molecule has 0 unspecified atom stereocenters. The molecule has 1 rings (SSSR count). The van der Waals surface area contributed by atoms with E-state index in [4.69, 9.17) is 10.5 Å². The van der Waals surface area contributed by atoms with E-state index in [0.717, 1.165) is 6.42 Å². The molecular weight excluding hydrogens is 298 g/mol. The van der Waals surface area contributed by atoms with E-state index in [1.165, 1.54) is 4.90 Å². The van der Waals surface area contributed by atoms with Gasteiger partial charge < -0.3 is 20.7 Å². The van der Waals surface area contributed by atoms with E-state index in [1.807, 2.05) is 13.8 Å². The summed E-state index contributed by atoms with van der Waals surface area (Å²) in [5.41, 5.74) is 4.73. The molecule has 0 aromatic carbocycles. The average molecular weight is 327 g/mol. The minimum atomic E-state index is -0.727. The van der Waals surface area contributed by atoms with E-state index in [2.05, 4.69) is 5.32 Å². The van der Waals surface area contributed by atoms with Crippen molar-refractivity contribution in [1.29, 1.82) is 0 Å². The Balaban J connectivity index is 2.87. The second-order valence-corrected chi connectivity index (χ2v) is 7.10. The summed E-state index contributed by atoms with van der Waals surface area (Å²) in [6.07, 6.45) is 1.38. The van der Waals surface area contributed by atoms with Crippen LogP contribution in [0.1, 0.15) is 53.9 Å². The molecule has 0 bridgehead atoms. The third kappa shape index (κ3) is 5.41. The highest BCUT2D eigenvalue weighted by atomic mass is 16.6. The van der Waals surface area contributed by atoms with E-state index < -0.39 is 29.7 Å². The SMILES string of the molecule is CC[C@@H](C)[C@@H](NC(=O)OC(C)(C)C)C(=O)N1CCC[C@@H]1C(N)=O. The molecule has 0 aromatic heterocycles. The van der Waals surface area contributed by atoms with Gasteiger partial charge in [-0.05, 0) is 39.5 Å². The summed E-state index contributed by atoms with van der Waals surface area (Å²) >= 11 is 0. The highest BCUT2D eigenvalue weighted by Gasteiger charge is 2.38. The highest BCUT2D eigenvalue weighted by Crippen LogP contribution is 2.21. The van der Waals surface area contributed by atoms with Gasteiger partial charge in [-0.15, -0.1) is 0 Å². The van der Waals surface area contributed by atoms with Gasteiger partial charge in [-0.3, -0.25) is 9.59 Å². The van der Waals surface area contributed by atoms with Crippen LogP contribution in [0.3, 0.4) is 0 Å². The molecule has 3 N–H and O–H groups in total. The molecule has 132 valence electrons. The van der Waals surface area contributed by atoms with Crippen molar-refractivity contribution in [1.82, 2.24) is 10.2 Å². The van der Waals surface area contributed by atoms with Crippen LogP contribution in [0.2, 0.25) is 0 Å². The zero-order valence-electron chi connectivity index (χ0n) is 14.7. The second-order valence-electron chi connectivity index (χ2n) is 7.10. The summed E-state index contributed by atoms with van der Waals surface area (Å²) in [4.78, 5) is 37.8. The first-order valence-electron chi connectivity index (χ1n) is 8.16. The van der Waals surface area contributed by atoms with E-state index in [1.54, 1.807) is 20.8 Å². The number of nitrogens with one attached hydrogen (secondary N) is 1. The fraction of sp³-hybridized carbons (Fsp3) is 0.812. The normalized spacial score (nSPS) is 20.7. The van der Waals surface area contributed by atoms with E-state index in [-0.39, 0.29) is 11.8 Å². The molecule has 1 aliphatic rings. The molecule has 0 spiro atoms. The fourth-order valence-corrected chi connectivity index (χ4v) is 2.62. The Morgan fingerprint density at radius 2 is 1.96 bits per heavy atom. The predicted molar refractivity (Wildman–Crippen MR) is 86.5 cm³/mol. The van der Waals surface area contributed by atoms with Gasteiger partial charge in [-0.1, -0.05) is 20.3 Å². The molecule has 1 saturated heterocycles. The Morgan fingerprint density at radius 1 is 1.35 bits per heavy atom. The molecule has 0 saturated carbocycles. The molecule has 3 atom stereocenters. The van der Waals surface area contributed by atoms with Crippen molar-refractivity contribution in [3.05, 3.63) is 0 Å². The highest BCUT2D eigenvalue weighted by molar-refractivity contribution is 5.91. The number of likely N-dealkylation sites (tertiary alicyclic amines) is 1. The van der Waals surface area contributed by atoms with Gasteiger partial charge in [0.2, 0.25) is 11.8 Å². The predicted octanol–water partition coefficient (Wildman–Crippen LogP) is 1.40. The number of rotatable bonds is 5. The van der Waals surface area contributed by atoms with Gasteiger partial charge in [0.25, 0.3) is 0 Å². The Bertz CT molecular complexity index is 459. The number of alkyl carbamates (subject to hydrolysis) is 1. The fourth-order valence-electron chi connectivity index (χ4n) is 2.62. The number of amides is 3. The van der Waals surface area contributed by atoms with E-state index in [9.17, 15) is 14.4 Å². The van der Waals surface area contributed by atoms with Crippen LogP contribution >= 0.6 is 0 Å². The molecule has 7 heteroatoms. The van der Waals surface area contributed by atoms with Crippen molar-refractivity contribution in [2.24, 2.45) is 11.7 Å². The van der Waals surface area contributed by atoms with Crippen molar-refractivity contribution >= 4 is 17.9 Å². The van der Waals surface area contributed by atoms with Gasteiger partial charge in [0, 0.05) is 6.54 Å². The molecule has 0 radical (unpaired) electrons. The molecular formula is C16H29N3O4. The maximum Gasteiger partial charge on any atom is 0.408 e. The van der Waals surface area contributed by atoms with Gasteiger partial charge in [0.05, 0.1) is 0 Å². The van der Waals surface area contributed by atoms with Crippen LogP contribution < -0.4 is 11.1 Å². The molecule has 7 nitrogen and oxygen atoms in total. The van der Waals surface area contributed by atoms with Crippen molar-refractivity contribution in [2.75, 3.05) is 6.54 Å². The number of nitrogens with two attached hydrogens (primary N) is 1. The number of carbonyl (C=O) groups is 3. The molecule has 23 heavy (non-hydrogen) atoms. The van der Waals surface area contributed by atoms with Crippen LogP contribution in [0.4, 0.5) is 4.79 Å². The van der Waals surface area contributed by atoms with Crippen molar-refractivity contribution < 1.29 is 19.1 Å². The molecule has 0 aromatic rings. The minimum absolute atomic E-state index is 0.0795. The number of hydrogen-bond acceptors (Lipinski definition) is 4. The zero-order valence-corrected chi connectivity index (χ0v) is 14.7. The van der Waals surface area contributed by atoms with Crippen molar-refractivity contribution in [3.8, 4) is 0 Å². The largest absolute Gasteiger partial charge is 0.444 e. The summed E-state index contributed by atoms with van der Waals surface area (Å²) in [6.45, 7) is 9.59. The van der Waals surface area contributed by atoms with E-state index >= 15 is 0 Å². The number of ether oxygens (including phenoxy) is 1. The van der Waals surface area contributed by atoms with Gasteiger partial charge in [-0.2, -0.15) is 0 Å². The topological polar surface area (TPSA) is 102 Å². The lowest BCUT2D eigenvalue weighted by molar-refractivity contribution is -0.140. The summed E-state index contributed by atoms with van der Waals surface area (Å²) in [7, 11) is 0. The summed E-state index contributed by atoms with van der Waals surface area (Å²) in [5, 5.41) is 2.66. The quantitative estimate of drug-likeness (QED) is 0.797. The second kappa shape index (κ2) is 7.66. The molecule has 3 amide bonds. The van der Waals surface area contributed by atoms with Gasteiger partial charge >= 0.3 is 6.09 Å². The van der Waals surface area contributed by atoms with Crippen LogP contribution in [0.5, 0.6) is 0 Å². The monoisotopic (exact) mass is 327 g/mol. The van der Waals surface area contributed by atoms with E-state index in [0.29, 0.717) is 19.4 Å². The van der Waals surface area contributed by atoms with Crippen LogP contribution in [-0.2, 0) is 14.3 Å². The van der Waals surface area contributed by atoms with Gasteiger partial charge in [-0.25, -0.2) is 4.79 Å². The Hall–Kier alpha value is -1.79. The van der Waals surface area contributed by atoms with Crippen LogP contribution in [0.15, 0.2) is 0 Å². The minimum Gasteiger partial charge on any atom is -0.444 e. The summed E-state index contributed by atoms with van der Waals surface area (Å²) in [6, 6.07) is -1.32. The first-order chi connectivity index (χ1) is 10.6. The maximum absolute atomic E-state index is 12.8. The molecule has 0 aliphatic carbocycles. The van der Waals surface area contributed by atoms with Gasteiger partial charge in [0.1, 0.15) is 17.7 Å². The number of hydrogen-bond donors (Lipinski definition) is 2. The van der Waals surface area contributed by atoms with Gasteiger partial charge in [0.15, 0.2) is 0 Å². The average Bonchev–Trinajstić information content (AvgIpc) is 2.90. The smallest absolute Gasteiger partial charge is 0.408 e. The lowest BCUT2D eigenvalue weighted by Crippen LogP contribution is -2.55. The first-order valence-corrected chi connectivity index (χ1v) is 8.16. The lowest BCUT2D eigenvalue weighted by Gasteiger charge is -2.31. The number of carbonyl (C=O) groups excluding carboxylic acids is 3. The molecule has 1 aliphatic heterocycles. The Labute approximate surface area is 137 Å². The maximum atomic E-state index is 12.8. The third-order valence-corrected chi connectivity index (χ3v) is 4.02. The first kappa shape index (κ1) is 19.3. The molecule has 1 heterocycles. The van der Waals surface area contributed by atoms with Crippen molar-refractivity contribution in [3.63, 3.8) is 0 Å². The summed E-state index contributed by atoms with van der Waals surface area (Å²) in [5.74, 6) is -0.855. The standard InChI is InChI=1S/C16H29N3O4/c1-6-10(2)12(18-15(22)23-16(3,4)5)14(21)19-9-7-8-11(19)13(17)20/h10-12H,6-9H2,1-5H3,(H2,17,20)(H,18,22)/t10-,11-,12-/m1/s1. The molecule has 1 fully saturated rings. The van der Waals surface area contributed by atoms with Crippen LogP contribution in [0.25, 0.3) is 0 Å². The Morgan fingerprint density at radius 3 is 2.43 bits per heavy atom. The lowest BCUT2D eigenvalue weighted by atomic mass is 9.97. The number of nitrogens with zero attached hydrogens (tertiary/aromatic N) is 1. The summed E-state index contributed by atoms with van der Waals surface area (Å²) < 4.78 is 5.24. The Kier molecular flexibility index (Phi) is 6.41. The zero-order chi connectivity index (χ0) is 17.8. The number of primary amides is 1.